The van der Waals surface area contributed by atoms with Crippen molar-refractivity contribution in [3.63, 3.8) is 0 Å². The SMILES string of the molecule is O=C(O)c1cccc(S(=O)(=O)N2CCN(c3cccc(C(F)(F)F)c3)CC2)c1. The number of halogens is 3. The first-order valence-corrected chi connectivity index (χ1v) is 9.79. The normalized spacial score (nSPS) is 16.2. The summed E-state index contributed by atoms with van der Waals surface area (Å²) < 4.78 is 65.4. The summed E-state index contributed by atoms with van der Waals surface area (Å²) in [6.45, 7) is 0.601. The van der Waals surface area contributed by atoms with E-state index in [9.17, 15) is 26.4 Å². The molecule has 1 saturated heterocycles. The molecule has 0 bridgehead atoms. The lowest BCUT2D eigenvalue weighted by Gasteiger charge is -2.35. The van der Waals surface area contributed by atoms with Gasteiger partial charge in [0.2, 0.25) is 10.0 Å². The third-order valence-corrected chi connectivity index (χ3v) is 6.39. The molecule has 1 heterocycles. The van der Waals surface area contributed by atoms with Gasteiger partial charge in [-0.05, 0) is 36.4 Å². The van der Waals surface area contributed by atoms with Crippen molar-refractivity contribution in [1.29, 1.82) is 0 Å². The minimum atomic E-state index is -4.45. The molecule has 150 valence electrons. The second-order valence-electron chi connectivity index (χ2n) is 6.27. The first-order valence-electron chi connectivity index (χ1n) is 8.35. The molecule has 0 saturated carbocycles. The molecule has 10 heteroatoms. The molecule has 0 atom stereocenters. The van der Waals surface area contributed by atoms with E-state index in [1.165, 1.54) is 28.6 Å². The Balaban J connectivity index is 1.75. The monoisotopic (exact) mass is 414 g/mol. The lowest BCUT2D eigenvalue weighted by molar-refractivity contribution is -0.137. The van der Waals surface area contributed by atoms with Crippen LogP contribution in [0, 0.1) is 0 Å². The number of sulfonamides is 1. The number of aromatic carboxylic acids is 1. The number of rotatable bonds is 4. The second-order valence-corrected chi connectivity index (χ2v) is 8.21. The van der Waals surface area contributed by atoms with Crippen molar-refractivity contribution in [3.8, 4) is 0 Å². The largest absolute Gasteiger partial charge is 0.478 e. The Morgan fingerprint density at radius 3 is 2.21 bits per heavy atom. The van der Waals surface area contributed by atoms with Gasteiger partial charge in [-0.3, -0.25) is 0 Å². The third kappa shape index (κ3) is 4.12. The van der Waals surface area contributed by atoms with E-state index in [-0.39, 0.29) is 36.6 Å². The van der Waals surface area contributed by atoms with Gasteiger partial charge in [0.25, 0.3) is 0 Å². The van der Waals surface area contributed by atoms with Crippen LogP contribution >= 0.6 is 0 Å². The van der Waals surface area contributed by atoms with Crippen LogP contribution < -0.4 is 4.90 Å². The van der Waals surface area contributed by atoms with Crippen LogP contribution in [0.5, 0.6) is 0 Å². The lowest BCUT2D eigenvalue weighted by Crippen LogP contribution is -2.48. The summed E-state index contributed by atoms with van der Waals surface area (Å²) in [4.78, 5) is 12.6. The van der Waals surface area contributed by atoms with Gasteiger partial charge in [0.05, 0.1) is 16.0 Å². The van der Waals surface area contributed by atoms with Crippen molar-refractivity contribution in [2.45, 2.75) is 11.1 Å². The smallest absolute Gasteiger partial charge is 0.416 e. The molecular formula is C18H17F3N2O4S. The minimum Gasteiger partial charge on any atom is -0.478 e. The van der Waals surface area contributed by atoms with Crippen molar-refractivity contribution in [1.82, 2.24) is 4.31 Å². The van der Waals surface area contributed by atoms with Gasteiger partial charge >= 0.3 is 12.1 Å². The molecule has 1 fully saturated rings. The predicted molar refractivity (Wildman–Crippen MR) is 95.8 cm³/mol. The van der Waals surface area contributed by atoms with E-state index in [4.69, 9.17) is 5.11 Å². The van der Waals surface area contributed by atoms with Gasteiger partial charge in [-0.1, -0.05) is 12.1 Å². The maximum absolute atomic E-state index is 12.9. The van der Waals surface area contributed by atoms with Crippen molar-refractivity contribution in [3.05, 3.63) is 59.7 Å². The Morgan fingerprint density at radius 2 is 1.61 bits per heavy atom. The van der Waals surface area contributed by atoms with E-state index in [0.29, 0.717) is 5.69 Å². The van der Waals surface area contributed by atoms with Gasteiger partial charge in [-0.15, -0.1) is 0 Å². The number of carbonyl (C=O) groups is 1. The molecular weight excluding hydrogens is 397 g/mol. The van der Waals surface area contributed by atoms with E-state index in [2.05, 4.69) is 0 Å². The van der Waals surface area contributed by atoms with Crippen LogP contribution in [0.15, 0.2) is 53.4 Å². The number of alkyl halides is 3. The molecule has 0 aliphatic carbocycles. The fourth-order valence-electron chi connectivity index (χ4n) is 3.00. The lowest BCUT2D eigenvalue weighted by atomic mass is 10.1. The molecule has 6 nitrogen and oxygen atoms in total. The molecule has 0 amide bonds. The van der Waals surface area contributed by atoms with E-state index in [0.717, 1.165) is 18.2 Å². The first-order chi connectivity index (χ1) is 13.1. The Hall–Kier alpha value is -2.59. The van der Waals surface area contributed by atoms with Crippen molar-refractivity contribution >= 4 is 21.7 Å². The second kappa shape index (κ2) is 7.44. The van der Waals surface area contributed by atoms with Crippen molar-refractivity contribution in [2.24, 2.45) is 0 Å². The Labute approximate surface area is 159 Å². The average molecular weight is 414 g/mol. The van der Waals surface area contributed by atoms with E-state index < -0.39 is 27.7 Å². The summed E-state index contributed by atoms with van der Waals surface area (Å²) >= 11 is 0. The minimum absolute atomic E-state index is 0.0792. The highest BCUT2D eigenvalue weighted by Crippen LogP contribution is 2.32. The molecule has 1 N–H and O–H groups in total. The summed E-state index contributed by atoms with van der Waals surface area (Å²) in [7, 11) is -3.89. The van der Waals surface area contributed by atoms with Crippen LogP contribution in [0.4, 0.5) is 18.9 Å². The van der Waals surface area contributed by atoms with Gasteiger partial charge in [0, 0.05) is 31.9 Å². The quantitative estimate of drug-likeness (QED) is 0.833. The number of piperazine rings is 1. The summed E-state index contributed by atoms with van der Waals surface area (Å²) in [5.74, 6) is -1.23. The van der Waals surface area contributed by atoms with Crippen LogP contribution in [0.1, 0.15) is 15.9 Å². The van der Waals surface area contributed by atoms with Crippen LogP contribution in [-0.2, 0) is 16.2 Å². The van der Waals surface area contributed by atoms with Crippen LogP contribution in [0.2, 0.25) is 0 Å². The van der Waals surface area contributed by atoms with Gasteiger partial charge in [0.15, 0.2) is 0 Å². The van der Waals surface area contributed by atoms with Gasteiger partial charge < -0.3 is 10.0 Å². The fourth-order valence-corrected chi connectivity index (χ4v) is 4.47. The summed E-state index contributed by atoms with van der Waals surface area (Å²) in [5.41, 5.74) is -0.519. The number of nitrogens with zero attached hydrogens (tertiary/aromatic N) is 2. The Kier molecular flexibility index (Phi) is 5.35. The highest BCUT2D eigenvalue weighted by Gasteiger charge is 2.32. The molecule has 0 spiro atoms. The summed E-state index contributed by atoms with van der Waals surface area (Å²) in [6.07, 6.45) is -4.45. The highest BCUT2D eigenvalue weighted by atomic mass is 32.2. The molecule has 0 aromatic heterocycles. The summed E-state index contributed by atoms with van der Waals surface area (Å²) in [6, 6.07) is 9.97. The number of carboxylic acids is 1. The molecule has 28 heavy (non-hydrogen) atoms. The van der Waals surface area contributed by atoms with Gasteiger partial charge in [-0.25, -0.2) is 13.2 Å². The molecule has 1 aliphatic heterocycles. The molecule has 0 unspecified atom stereocenters. The highest BCUT2D eigenvalue weighted by molar-refractivity contribution is 7.89. The molecule has 1 aliphatic rings. The third-order valence-electron chi connectivity index (χ3n) is 4.50. The molecule has 0 radical (unpaired) electrons. The summed E-state index contributed by atoms with van der Waals surface area (Å²) in [5, 5.41) is 9.03. The number of hydrogen-bond acceptors (Lipinski definition) is 4. The van der Waals surface area contributed by atoms with Crippen molar-refractivity contribution < 1.29 is 31.5 Å². The number of carboxylic acid groups (broad SMARTS) is 1. The van der Waals surface area contributed by atoms with E-state index >= 15 is 0 Å². The van der Waals surface area contributed by atoms with Crippen LogP contribution in [0.3, 0.4) is 0 Å². The topological polar surface area (TPSA) is 77.9 Å². The number of hydrogen-bond donors (Lipinski definition) is 1. The van der Waals surface area contributed by atoms with E-state index in [1.807, 2.05) is 0 Å². The maximum atomic E-state index is 12.9. The maximum Gasteiger partial charge on any atom is 0.416 e. The van der Waals surface area contributed by atoms with Crippen LogP contribution in [0.25, 0.3) is 0 Å². The molecule has 2 aromatic rings. The zero-order valence-electron chi connectivity index (χ0n) is 14.6. The zero-order valence-corrected chi connectivity index (χ0v) is 15.4. The Morgan fingerprint density at radius 1 is 0.964 bits per heavy atom. The molecule has 2 aromatic carbocycles. The number of anilines is 1. The first kappa shape index (κ1) is 20.2. The predicted octanol–water partition coefficient (Wildman–Crippen LogP) is 2.91. The van der Waals surface area contributed by atoms with E-state index in [1.54, 1.807) is 11.0 Å². The van der Waals surface area contributed by atoms with Gasteiger partial charge in [-0.2, -0.15) is 17.5 Å². The standard InChI is InChI=1S/C18H17F3N2O4S/c19-18(20,21)14-4-2-5-15(12-14)22-7-9-23(10-8-22)28(26,27)16-6-1-3-13(11-16)17(24)25/h1-6,11-12H,7-10H2,(H,24,25). The average Bonchev–Trinajstić information content (AvgIpc) is 2.67. The molecule has 3 rings (SSSR count). The van der Waals surface area contributed by atoms with Crippen molar-refractivity contribution in [2.75, 3.05) is 31.1 Å². The van der Waals surface area contributed by atoms with Gasteiger partial charge in [0.1, 0.15) is 0 Å². The number of benzene rings is 2. The fraction of sp³-hybridized carbons (Fsp3) is 0.278. The Bertz CT molecular complexity index is 984. The van der Waals surface area contributed by atoms with Crippen LogP contribution in [-0.4, -0.2) is 50.0 Å². The zero-order chi connectivity index (χ0) is 20.5.